The molecule has 0 bridgehead atoms. The van der Waals surface area contributed by atoms with Gasteiger partial charge in [-0.2, -0.15) is 4.31 Å². The predicted molar refractivity (Wildman–Crippen MR) is 116 cm³/mol. The maximum atomic E-state index is 12.9. The standard InChI is InChI=1S/C18H23N5O4S2/c1-3-22(4-2)29(26,27)17-12-15(23(24)25)10-11-16(17)20-21-18(28)19-13-14-8-6-5-7-9-14/h5-12,20H,3-4,13H2,1-2H3,(H2,19,21,28). The summed E-state index contributed by atoms with van der Waals surface area (Å²) < 4.78 is 27.1. The molecule has 0 aliphatic carbocycles. The van der Waals surface area contributed by atoms with Crippen LogP contribution in [0.4, 0.5) is 11.4 Å². The molecule has 0 aromatic heterocycles. The molecule has 0 amide bonds. The lowest BCUT2D eigenvalue weighted by atomic mass is 10.2. The normalized spacial score (nSPS) is 11.1. The average molecular weight is 438 g/mol. The van der Waals surface area contributed by atoms with Crippen molar-refractivity contribution in [3.8, 4) is 0 Å². The zero-order chi connectivity index (χ0) is 21.4. The molecule has 3 N–H and O–H groups in total. The van der Waals surface area contributed by atoms with E-state index >= 15 is 0 Å². The first-order chi connectivity index (χ1) is 13.8. The third kappa shape index (κ3) is 5.86. The molecule has 0 atom stereocenters. The van der Waals surface area contributed by atoms with Crippen molar-refractivity contribution in [2.24, 2.45) is 0 Å². The second-order valence-electron chi connectivity index (χ2n) is 5.95. The number of hydrogen-bond acceptors (Lipinski definition) is 6. The lowest BCUT2D eigenvalue weighted by Gasteiger charge is -2.21. The molecule has 9 nitrogen and oxygen atoms in total. The van der Waals surface area contributed by atoms with Crippen molar-refractivity contribution in [2.45, 2.75) is 25.3 Å². The smallest absolute Gasteiger partial charge is 0.270 e. The lowest BCUT2D eigenvalue weighted by molar-refractivity contribution is -0.385. The van der Waals surface area contributed by atoms with Crippen LogP contribution in [-0.4, -0.2) is 35.8 Å². The van der Waals surface area contributed by atoms with Gasteiger partial charge in [-0.1, -0.05) is 44.2 Å². The van der Waals surface area contributed by atoms with Gasteiger partial charge in [0, 0.05) is 31.8 Å². The van der Waals surface area contributed by atoms with Crippen molar-refractivity contribution in [1.29, 1.82) is 0 Å². The molecule has 0 aliphatic heterocycles. The van der Waals surface area contributed by atoms with Crippen molar-refractivity contribution in [2.75, 3.05) is 18.5 Å². The van der Waals surface area contributed by atoms with Gasteiger partial charge < -0.3 is 5.32 Å². The van der Waals surface area contributed by atoms with Crippen LogP contribution in [0.15, 0.2) is 53.4 Å². The number of sulfonamides is 1. The van der Waals surface area contributed by atoms with E-state index in [1.54, 1.807) is 13.8 Å². The fraction of sp³-hybridized carbons (Fsp3) is 0.278. The molecule has 0 spiro atoms. The number of hydrogen-bond donors (Lipinski definition) is 3. The van der Waals surface area contributed by atoms with Crippen LogP contribution in [0.5, 0.6) is 0 Å². The van der Waals surface area contributed by atoms with Crippen LogP contribution < -0.4 is 16.2 Å². The van der Waals surface area contributed by atoms with Crippen molar-refractivity contribution in [3.63, 3.8) is 0 Å². The second-order valence-corrected chi connectivity index (χ2v) is 8.26. The van der Waals surface area contributed by atoms with Gasteiger partial charge >= 0.3 is 0 Å². The van der Waals surface area contributed by atoms with E-state index in [0.717, 1.165) is 11.6 Å². The Balaban J connectivity index is 2.19. The first-order valence-corrected chi connectivity index (χ1v) is 10.8. The maximum absolute atomic E-state index is 12.9. The molecule has 0 fully saturated rings. The summed E-state index contributed by atoms with van der Waals surface area (Å²) in [4.78, 5) is 10.3. The summed E-state index contributed by atoms with van der Waals surface area (Å²) in [5.74, 6) is 0. The van der Waals surface area contributed by atoms with Crippen LogP contribution in [0.2, 0.25) is 0 Å². The summed E-state index contributed by atoms with van der Waals surface area (Å²) in [6.07, 6.45) is 0. The van der Waals surface area contributed by atoms with E-state index in [2.05, 4.69) is 16.2 Å². The lowest BCUT2D eigenvalue weighted by Crippen LogP contribution is -2.39. The van der Waals surface area contributed by atoms with E-state index in [1.165, 1.54) is 16.4 Å². The summed E-state index contributed by atoms with van der Waals surface area (Å²) in [5, 5.41) is 14.4. The average Bonchev–Trinajstić information content (AvgIpc) is 2.72. The maximum Gasteiger partial charge on any atom is 0.270 e. The second kappa shape index (κ2) is 10.1. The largest absolute Gasteiger partial charge is 0.357 e. The monoisotopic (exact) mass is 437 g/mol. The number of hydrazine groups is 1. The summed E-state index contributed by atoms with van der Waals surface area (Å²) in [5.41, 5.74) is 6.33. The Morgan fingerprint density at radius 3 is 2.38 bits per heavy atom. The van der Waals surface area contributed by atoms with Gasteiger partial charge in [-0.05, 0) is 23.8 Å². The topological polar surface area (TPSA) is 117 Å². The summed E-state index contributed by atoms with van der Waals surface area (Å²) in [6, 6.07) is 13.2. The number of benzene rings is 2. The number of thiocarbonyl (C=S) groups is 1. The van der Waals surface area contributed by atoms with Crippen LogP contribution in [-0.2, 0) is 16.6 Å². The van der Waals surface area contributed by atoms with E-state index < -0.39 is 14.9 Å². The Bertz CT molecular complexity index is 963. The minimum absolute atomic E-state index is 0.159. The molecular weight excluding hydrogens is 414 g/mol. The number of rotatable bonds is 9. The van der Waals surface area contributed by atoms with Crippen LogP contribution in [0.25, 0.3) is 0 Å². The number of nitro groups is 1. The predicted octanol–water partition coefficient (Wildman–Crippen LogP) is 2.62. The van der Waals surface area contributed by atoms with Crippen LogP contribution >= 0.6 is 12.2 Å². The zero-order valence-corrected chi connectivity index (χ0v) is 17.7. The van der Waals surface area contributed by atoms with E-state index in [1.807, 2.05) is 30.3 Å². The fourth-order valence-corrected chi connectivity index (χ4v) is 4.34. The van der Waals surface area contributed by atoms with Gasteiger partial charge in [0.05, 0.1) is 10.6 Å². The molecule has 0 saturated heterocycles. The molecule has 0 unspecified atom stereocenters. The molecule has 2 aromatic rings. The molecule has 29 heavy (non-hydrogen) atoms. The van der Waals surface area contributed by atoms with E-state index in [-0.39, 0.29) is 34.5 Å². The van der Waals surface area contributed by atoms with Crippen molar-refractivity contribution < 1.29 is 13.3 Å². The van der Waals surface area contributed by atoms with Gasteiger partial charge in [0.1, 0.15) is 4.90 Å². The SMILES string of the molecule is CCN(CC)S(=O)(=O)c1cc([N+](=O)[O-])ccc1NNC(=S)NCc1ccccc1. The molecular formula is C18H23N5O4S2. The highest BCUT2D eigenvalue weighted by atomic mass is 32.2. The number of nitro benzene ring substituents is 1. The van der Waals surface area contributed by atoms with E-state index in [4.69, 9.17) is 12.2 Å². The third-order valence-corrected chi connectivity index (χ3v) is 6.44. The highest BCUT2D eigenvalue weighted by molar-refractivity contribution is 7.89. The summed E-state index contributed by atoms with van der Waals surface area (Å²) in [7, 11) is -3.93. The molecule has 2 rings (SSSR count). The minimum atomic E-state index is -3.93. The fourth-order valence-electron chi connectivity index (χ4n) is 2.59. The van der Waals surface area contributed by atoms with Crippen LogP contribution in [0.1, 0.15) is 19.4 Å². The number of nitrogens with zero attached hydrogens (tertiary/aromatic N) is 2. The molecule has 0 saturated carbocycles. The van der Waals surface area contributed by atoms with E-state index in [9.17, 15) is 18.5 Å². The molecule has 0 aliphatic rings. The van der Waals surface area contributed by atoms with Gasteiger partial charge in [-0.3, -0.25) is 21.0 Å². The molecule has 11 heteroatoms. The first kappa shape index (κ1) is 22.5. The highest BCUT2D eigenvalue weighted by Gasteiger charge is 2.27. The van der Waals surface area contributed by atoms with Gasteiger partial charge in [-0.25, -0.2) is 8.42 Å². The summed E-state index contributed by atoms with van der Waals surface area (Å²) in [6.45, 7) is 4.37. The molecule has 0 heterocycles. The number of non-ortho nitro benzene ring substituents is 1. The first-order valence-electron chi connectivity index (χ1n) is 8.92. The highest BCUT2D eigenvalue weighted by Crippen LogP contribution is 2.28. The quantitative estimate of drug-likeness (QED) is 0.311. The Morgan fingerprint density at radius 2 is 1.79 bits per heavy atom. The van der Waals surface area contributed by atoms with Gasteiger partial charge in [0.2, 0.25) is 10.0 Å². The Kier molecular flexibility index (Phi) is 7.88. The van der Waals surface area contributed by atoms with Crippen LogP contribution in [0.3, 0.4) is 0 Å². The van der Waals surface area contributed by atoms with Crippen molar-refractivity contribution in [1.82, 2.24) is 15.0 Å². The van der Waals surface area contributed by atoms with Gasteiger partial charge in [-0.15, -0.1) is 0 Å². The molecule has 0 radical (unpaired) electrons. The third-order valence-electron chi connectivity index (χ3n) is 4.11. The van der Waals surface area contributed by atoms with Gasteiger partial charge in [0.25, 0.3) is 5.69 Å². The Morgan fingerprint density at radius 1 is 1.14 bits per heavy atom. The minimum Gasteiger partial charge on any atom is -0.357 e. The zero-order valence-electron chi connectivity index (χ0n) is 16.1. The molecule has 2 aromatic carbocycles. The Hall–Kier alpha value is -2.76. The van der Waals surface area contributed by atoms with Crippen molar-refractivity contribution >= 4 is 38.7 Å². The summed E-state index contributed by atoms with van der Waals surface area (Å²) >= 11 is 5.20. The van der Waals surface area contributed by atoms with E-state index in [0.29, 0.717) is 6.54 Å². The van der Waals surface area contributed by atoms with Crippen LogP contribution in [0, 0.1) is 10.1 Å². The number of nitrogens with one attached hydrogen (secondary N) is 3. The van der Waals surface area contributed by atoms with Crippen molar-refractivity contribution in [3.05, 3.63) is 64.2 Å². The van der Waals surface area contributed by atoms with Gasteiger partial charge in [0.15, 0.2) is 5.11 Å². The number of anilines is 1. The Labute approximate surface area is 175 Å². The molecule has 156 valence electrons.